The van der Waals surface area contributed by atoms with Gasteiger partial charge in [-0.25, -0.2) is 0 Å². The molecule has 2 fully saturated rings. The first kappa shape index (κ1) is 3.90. The van der Waals surface area contributed by atoms with Gasteiger partial charge in [0.15, 0.2) is 0 Å². The highest BCUT2D eigenvalue weighted by Crippen LogP contribution is 2.38. The van der Waals surface area contributed by atoms with Crippen LogP contribution in [0.5, 0.6) is 0 Å². The van der Waals surface area contributed by atoms with Crippen LogP contribution in [0.1, 0.15) is 12.8 Å². The van der Waals surface area contributed by atoms with Crippen LogP contribution >= 0.6 is 0 Å². The Hall–Kier alpha value is -0.0400. The molecule has 1 heteroatoms. The van der Waals surface area contributed by atoms with Crippen LogP contribution < -0.4 is 5.32 Å². The van der Waals surface area contributed by atoms with E-state index in [-0.39, 0.29) is 0 Å². The number of hydrogen-bond donors (Lipinski definition) is 1. The second-order valence-electron chi connectivity index (χ2n) is 2.76. The Bertz CT molecular complexity index is 72.2. The van der Waals surface area contributed by atoms with Crippen LogP contribution in [0.15, 0.2) is 0 Å². The quantitative estimate of drug-likeness (QED) is 0.505. The largest absolute Gasteiger partial charge is 0.316 e. The molecule has 2 aliphatic rings. The van der Waals surface area contributed by atoms with Crippen LogP contribution in [-0.4, -0.2) is 13.1 Å². The standard InChI is InChI=1S/C6H11N/c1-2-5(1)6-3-7-4-6/h5-7H,1-4H2. The van der Waals surface area contributed by atoms with Crippen molar-refractivity contribution in [3.63, 3.8) is 0 Å². The SMILES string of the molecule is C1CC1C1CNC1. The molecule has 1 saturated carbocycles. The maximum Gasteiger partial charge on any atom is -0.000559 e. The maximum absolute atomic E-state index is 3.28. The molecule has 2 rings (SSSR count). The lowest BCUT2D eigenvalue weighted by atomic mass is 9.98. The molecule has 1 aliphatic carbocycles. The first-order chi connectivity index (χ1) is 3.47. The first-order valence-corrected chi connectivity index (χ1v) is 3.17. The number of nitrogens with one attached hydrogen (secondary N) is 1. The summed E-state index contributed by atoms with van der Waals surface area (Å²) in [7, 11) is 0. The second-order valence-corrected chi connectivity index (χ2v) is 2.76. The minimum Gasteiger partial charge on any atom is -0.316 e. The van der Waals surface area contributed by atoms with Gasteiger partial charge in [-0.05, 0) is 37.8 Å². The minimum atomic E-state index is 1.08. The molecule has 1 nitrogen and oxygen atoms in total. The minimum absolute atomic E-state index is 1.08. The van der Waals surface area contributed by atoms with Crippen molar-refractivity contribution in [3.8, 4) is 0 Å². The van der Waals surface area contributed by atoms with Crippen molar-refractivity contribution in [3.05, 3.63) is 0 Å². The van der Waals surface area contributed by atoms with Crippen LogP contribution in [0.4, 0.5) is 0 Å². The fourth-order valence-corrected chi connectivity index (χ4v) is 1.21. The number of rotatable bonds is 1. The Morgan fingerprint density at radius 2 is 1.71 bits per heavy atom. The molecule has 1 heterocycles. The van der Waals surface area contributed by atoms with Gasteiger partial charge < -0.3 is 5.32 Å². The van der Waals surface area contributed by atoms with Gasteiger partial charge in [0.2, 0.25) is 0 Å². The summed E-state index contributed by atoms with van der Waals surface area (Å²) in [4.78, 5) is 0. The molecule has 0 aromatic carbocycles. The van der Waals surface area contributed by atoms with Crippen LogP contribution in [0.3, 0.4) is 0 Å². The van der Waals surface area contributed by atoms with Gasteiger partial charge >= 0.3 is 0 Å². The molecule has 0 amide bonds. The van der Waals surface area contributed by atoms with E-state index in [0.717, 1.165) is 11.8 Å². The average Bonchev–Trinajstić information content (AvgIpc) is 2.10. The van der Waals surface area contributed by atoms with Gasteiger partial charge in [-0.3, -0.25) is 0 Å². The van der Waals surface area contributed by atoms with Crippen molar-refractivity contribution in [1.82, 2.24) is 5.32 Å². The Kier molecular flexibility index (Phi) is 0.680. The summed E-state index contributed by atoms with van der Waals surface area (Å²) in [6.07, 6.45) is 3.04. The summed E-state index contributed by atoms with van der Waals surface area (Å²) in [6, 6.07) is 0. The fourth-order valence-electron chi connectivity index (χ4n) is 1.21. The Labute approximate surface area is 44.1 Å². The first-order valence-electron chi connectivity index (χ1n) is 3.17. The van der Waals surface area contributed by atoms with Gasteiger partial charge in [0.25, 0.3) is 0 Å². The van der Waals surface area contributed by atoms with E-state index in [1.165, 1.54) is 25.9 Å². The summed E-state index contributed by atoms with van der Waals surface area (Å²) in [5, 5.41) is 3.28. The van der Waals surface area contributed by atoms with E-state index in [9.17, 15) is 0 Å². The van der Waals surface area contributed by atoms with Crippen molar-refractivity contribution in [2.45, 2.75) is 12.8 Å². The van der Waals surface area contributed by atoms with Gasteiger partial charge in [-0.15, -0.1) is 0 Å². The van der Waals surface area contributed by atoms with Gasteiger partial charge in [0.05, 0.1) is 0 Å². The molecule has 7 heavy (non-hydrogen) atoms. The smallest absolute Gasteiger partial charge is 0.000559 e. The summed E-state index contributed by atoms with van der Waals surface area (Å²) in [5.74, 6) is 2.22. The third-order valence-corrected chi connectivity index (χ3v) is 2.10. The van der Waals surface area contributed by atoms with E-state index < -0.39 is 0 Å². The van der Waals surface area contributed by atoms with Crippen LogP contribution in [0.25, 0.3) is 0 Å². The van der Waals surface area contributed by atoms with Crippen molar-refractivity contribution in [2.24, 2.45) is 11.8 Å². The van der Waals surface area contributed by atoms with Gasteiger partial charge in [0, 0.05) is 0 Å². The Balaban J connectivity index is 1.83. The monoisotopic (exact) mass is 97.1 g/mol. The second kappa shape index (κ2) is 1.22. The molecule has 0 aromatic rings. The van der Waals surface area contributed by atoms with Crippen LogP contribution in [-0.2, 0) is 0 Å². The highest BCUT2D eigenvalue weighted by atomic mass is 15.0. The molecule has 1 aliphatic heterocycles. The van der Waals surface area contributed by atoms with Crippen LogP contribution in [0.2, 0.25) is 0 Å². The van der Waals surface area contributed by atoms with E-state index in [4.69, 9.17) is 0 Å². The topological polar surface area (TPSA) is 12.0 Å². The summed E-state index contributed by atoms with van der Waals surface area (Å²) in [5.41, 5.74) is 0. The van der Waals surface area contributed by atoms with Crippen LogP contribution in [0, 0.1) is 11.8 Å². The lowest BCUT2D eigenvalue weighted by molar-refractivity contribution is 0.309. The zero-order valence-electron chi connectivity index (χ0n) is 4.48. The molecule has 0 aromatic heterocycles. The molecular formula is C6H11N. The van der Waals surface area contributed by atoms with E-state index >= 15 is 0 Å². The zero-order valence-corrected chi connectivity index (χ0v) is 4.48. The fraction of sp³-hybridized carbons (Fsp3) is 1.00. The third-order valence-electron chi connectivity index (χ3n) is 2.10. The molecule has 0 bridgehead atoms. The molecule has 0 atom stereocenters. The van der Waals surface area contributed by atoms with Gasteiger partial charge in [-0.2, -0.15) is 0 Å². The van der Waals surface area contributed by atoms with Crippen molar-refractivity contribution in [1.29, 1.82) is 0 Å². The van der Waals surface area contributed by atoms with Crippen molar-refractivity contribution in [2.75, 3.05) is 13.1 Å². The van der Waals surface area contributed by atoms with Gasteiger partial charge in [-0.1, -0.05) is 0 Å². The maximum atomic E-state index is 3.28. The van der Waals surface area contributed by atoms with E-state index in [0.29, 0.717) is 0 Å². The third kappa shape index (κ3) is 0.556. The summed E-state index contributed by atoms with van der Waals surface area (Å²) >= 11 is 0. The molecule has 0 spiro atoms. The average molecular weight is 97.2 g/mol. The normalized spacial score (nSPS) is 32.6. The summed E-state index contributed by atoms with van der Waals surface area (Å²) < 4.78 is 0. The number of hydrogen-bond acceptors (Lipinski definition) is 1. The predicted molar refractivity (Wildman–Crippen MR) is 29.1 cm³/mol. The Morgan fingerprint density at radius 1 is 1.00 bits per heavy atom. The van der Waals surface area contributed by atoms with E-state index in [1.54, 1.807) is 0 Å². The lowest BCUT2D eigenvalue weighted by Gasteiger charge is -2.26. The zero-order chi connectivity index (χ0) is 4.69. The summed E-state index contributed by atoms with van der Waals surface area (Å²) in [6.45, 7) is 2.62. The molecule has 0 radical (unpaired) electrons. The highest BCUT2D eigenvalue weighted by Gasteiger charge is 2.34. The predicted octanol–water partition coefficient (Wildman–Crippen LogP) is 0.616. The Morgan fingerprint density at radius 3 is 1.86 bits per heavy atom. The molecule has 1 N–H and O–H groups in total. The lowest BCUT2D eigenvalue weighted by Crippen LogP contribution is -2.43. The van der Waals surface area contributed by atoms with E-state index in [2.05, 4.69) is 5.32 Å². The van der Waals surface area contributed by atoms with E-state index in [1.807, 2.05) is 0 Å². The van der Waals surface area contributed by atoms with Crippen molar-refractivity contribution >= 4 is 0 Å². The molecule has 0 unspecified atom stereocenters. The molecule has 40 valence electrons. The highest BCUT2D eigenvalue weighted by molar-refractivity contribution is 4.88. The molecule has 1 saturated heterocycles. The van der Waals surface area contributed by atoms with Gasteiger partial charge in [0.1, 0.15) is 0 Å². The molecular weight excluding hydrogens is 86.1 g/mol. The van der Waals surface area contributed by atoms with Crippen molar-refractivity contribution < 1.29 is 0 Å².